The average molecular weight is 307 g/mol. The van der Waals surface area contributed by atoms with Crippen molar-refractivity contribution in [2.45, 2.75) is 26.2 Å². The molecule has 1 aliphatic heterocycles. The van der Waals surface area contributed by atoms with E-state index in [1.165, 1.54) is 11.3 Å². The Morgan fingerprint density at radius 3 is 2.71 bits per heavy atom. The van der Waals surface area contributed by atoms with Crippen molar-refractivity contribution in [3.63, 3.8) is 0 Å². The van der Waals surface area contributed by atoms with E-state index < -0.39 is 0 Å². The molecule has 0 spiro atoms. The zero-order valence-corrected chi connectivity index (χ0v) is 13.1. The molecule has 1 aromatic heterocycles. The second-order valence-corrected chi connectivity index (χ2v) is 6.89. The molecule has 0 aromatic carbocycles. The number of thiazole rings is 1. The molecule has 6 heteroatoms. The van der Waals surface area contributed by atoms with Crippen molar-refractivity contribution in [1.29, 1.82) is 0 Å². The Labute approximate surface area is 128 Å². The van der Waals surface area contributed by atoms with Gasteiger partial charge < -0.3 is 10.2 Å². The smallest absolute Gasteiger partial charge is 0.270 e. The zero-order valence-electron chi connectivity index (χ0n) is 12.2. The number of carbonyl (C=O) groups excluding carboxylic acids is 2. The van der Waals surface area contributed by atoms with Gasteiger partial charge in [0.15, 0.2) is 0 Å². The van der Waals surface area contributed by atoms with Gasteiger partial charge in [-0.15, -0.1) is 11.3 Å². The summed E-state index contributed by atoms with van der Waals surface area (Å²) in [5.74, 6) is 1.57. The molecule has 2 amide bonds. The topological polar surface area (TPSA) is 62.3 Å². The van der Waals surface area contributed by atoms with E-state index in [9.17, 15) is 9.59 Å². The maximum atomic E-state index is 12.1. The van der Waals surface area contributed by atoms with Crippen molar-refractivity contribution in [2.75, 3.05) is 19.6 Å². The van der Waals surface area contributed by atoms with Crippen LogP contribution in [0.5, 0.6) is 0 Å². The zero-order chi connectivity index (χ0) is 14.8. The standard InChI is InChI=1S/C15H21N3O2S/c1-10-6-12(10)15(20)18-4-2-11(3-5-18)7-16-14(19)13-8-21-9-17-13/h8-12H,2-7H2,1H3,(H,16,19)/t10-,12?/m0/s1. The van der Waals surface area contributed by atoms with Gasteiger partial charge in [0, 0.05) is 30.9 Å². The molecule has 1 N–H and O–H groups in total. The van der Waals surface area contributed by atoms with Gasteiger partial charge in [-0.25, -0.2) is 4.98 Å². The third-order valence-corrected chi connectivity index (χ3v) is 5.16. The quantitative estimate of drug-likeness (QED) is 0.922. The maximum absolute atomic E-state index is 12.1. The van der Waals surface area contributed by atoms with Crippen molar-refractivity contribution in [1.82, 2.24) is 15.2 Å². The van der Waals surface area contributed by atoms with Gasteiger partial charge in [0.05, 0.1) is 5.51 Å². The fourth-order valence-electron chi connectivity index (χ4n) is 2.91. The van der Waals surface area contributed by atoms with Crippen LogP contribution in [-0.2, 0) is 4.79 Å². The number of nitrogens with zero attached hydrogens (tertiary/aromatic N) is 2. The Kier molecular flexibility index (Phi) is 4.24. The van der Waals surface area contributed by atoms with E-state index in [2.05, 4.69) is 17.2 Å². The van der Waals surface area contributed by atoms with Crippen LogP contribution in [-0.4, -0.2) is 41.3 Å². The molecule has 2 aliphatic rings. The van der Waals surface area contributed by atoms with E-state index in [-0.39, 0.29) is 11.8 Å². The fraction of sp³-hybridized carbons (Fsp3) is 0.667. The van der Waals surface area contributed by atoms with Gasteiger partial charge in [0.25, 0.3) is 5.91 Å². The average Bonchev–Trinajstić information content (AvgIpc) is 3.01. The molecule has 2 heterocycles. The van der Waals surface area contributed by atoms with Crippen LogP contribution in [0, 0.1) is 17.8 Å². The summed E-state index contributed by atoms with van der Waals surface area (Å²) in [5, 5.41) is 4.70. The lowest BCUT2D eigenvalue weighted by atomic mass is 9.96. The van der Waals surface area contributed by atoms with Crippen molar-refractivity contribution in [3.8, 4) is 0 Å². The van der Waals surface area contributed by atoms with E-state index in [1.807, 2.05) is 4.90 Å². The van der Waals surface area contributed by atoms with Crippen molar-refractivity contribution in [2.24, 2.45) is 17.8 Å². The minimum Gasteiger partial charge on any atom is -0.350 e. The molecule has 1 unspecified atom stereocenters. The largest absolute Gasteiger partial charge is 0.350 e. The van der Waals surface area contributed by atoms with Crippen molar-refractivity contribution in [3.05, 3.63) is 16.6 Å². The number of nitrogens with one attached hydrogen (secondary N) is 1. The normalized spacial score (nSPS) is 25.7. The van der Waals surface area contributed by atoms with Gasteiger partial charge in [0.1, 0.15) is 5.69 Å². The Balaban J connectivity index is 1.40. The van der Waals surface area contributed by atoms with Gasteiger partial charge in [0.2, 0.25) is 5.91 Å². The molecular formula is C15H21N3O2S. The van der Waals surface area contributed by atoms with Crippen LogP contribution in [0.1, 0.15) is 36.7 Å². The Morgan fingerprint density at radius 1 is 1.43 bits per heavy atom. The number of carbonyl (C=O) groups is 2. The van der Waals surface area contributed by atoms with Gasteiger partial charge in [-0.05, 0) is 31.1 Å². The molecule has 1 aliphatic carbocycles. The summed E-state index contributed by atoms with van der Waals surface area (Å²) in [7, 11) is 0. The number of likely N-dealkylation sites (tertiary alicyclic amines) is 1. The first-order chi connectivity index (χ1) is 10.1. The second kappa shape index (κ2) is 6.13. The molecule has 3 rings (SSSR count). The fourth-order valence-corrected chi connectivity index (χ4v) is 3.44. The summed E-state index contributed by atoms with van der Waals surface area (Å²) in [4.78, 5) is 30.0. The minimum atomic E-state index is -0.0958. The van der Waals surface area contributed by atoms with E-state index >= 15 is 0 Å². The lowest BCUT2D eigenvalue weighted by Crippen LogP contribution is -2.42. The number of aromatic nitrogens is 1. The monoisotopic (exact) mass is 307 g/mol. The van der Waals surface area contributed by atoms with E-state index in [1.54, 1.807) is 10.9 Å². The molecule has 21 heavy (non-hydrogen) atoms. The number of hydrogen-bond donors (Lipinski definition) is 1. The first kappa shape index (κ1) is 14.5. The first-order valence-corrected chi connectivity index (χ1v) is 8.54. The third-order valence-electron chi connectivity index (χ3n) is 4.57. The predicted molar refractivity (Wildman–Crippen MR) is 81.0 cm³/mol. The summed E-state index contributed by atoms with van der Waals surface area (Å²) in [6, 6.07) is 0. The molecule has 1 saturated carbocycles. The Hall–Kier alpha value is -1.43. The summed E-state index contributed by atoms with van der Waals surface area (Å²) >= 11 is 1.43. The van der Waals surface area contributed by atoms with E-state index in [4.69, 9.17) is 0 Å². The van der Waals surface area contributed by atoms with Gasteiger partial charge in [-0.1, -0.05) is 6.92 Å². The summed E-state index contributed by atoms with van der Waals surface area (Å²) in [6.07, 6.45) is 3.01. The molecule has 1 saturated heterocycles. The highest BCUT2D eigenvalue weighted by Crippen LogP contribution is 2.39. The van der Waals surface area contributed by atoms with Crippen LogP contribution in [0.2, 0.25) is 0 Å². The van der Waals surface area contributed by atoms with E-state index in [0.29, 0.717) is 30.0 Å². The number of piperidine rings is 1. The number of hydrogen-bond acceptors (Lipinski definition) is 4. The molecule has 0 radical (unpaired) electrons. The SMILES string of the molecule is C[C@H]1CC1C(=O)N1CCC(CNC(=O)c2cscn2)CC1. The van der Waals surface area contributed by atoms with Crippen molar-refractivity contribution >= 4 is 23.2 Å². The van der Waals surface area contributed by atoms with Crippen LogP contribution >= 0.6 is 11.3 Å². The number of rotatable bonds is 4. The molecular weight excluding hydrogens is 286 g/mol. The van der Waals surface area contributed by atoms with E-state index in [0.717, 1.165) is 32.4 Å². The first-order valence-electron chi connectivity index (χ1n) is 7.60. The molecule has 1 aromatic rings. The summed E-state index contributed by atoms with van der Waals surface area (Å²) in [6.45, 7) is 4.49. The van der Waals surface area contributed by atoms with Gasteiger partial charge in [-0.3, -0.25) is 9.59 Å². The molecule has 2 fully saturated rings. The summed E-state index contributed by atoms with van der Waals surface area (Å²) < 4.78 is 0. The van der Waals surface area contributed by atoms with Gasteiger partial charge >= 0.3 is 0 Å². The molecule has 0 bridgehead atoms. The lowest BCUT2D eigenvalue weighted by molar-refractivity contribution is -0.134. The second-order valence-electron chi connectivity index (χ2n) is 6.17. The predicted octanol–water partition coefficient (Wildman–Crippen LogP) is 1.77. The van der Waals surface area contributed by atoms with Crippen molar-refractivity contribution < 1.29 is 9.59 Å². The Bertz CT molecular complexity index is 509. The minimum absolute atomic E-state index is 0.0958. The summed E-state index contributed by atoms with van der Waals surface area (Å²) in [5.41, 5.74) is 2.16. The highest BCUT2D eigenvalue weighted by molar-refractivity contribution is 7.07. The van der Waals surface area contributed by atoms with Crippen LogP contribution in [0.3, 0.4) is 0 Å². The van der Waals surface area contributed by atoms with Gasteiger partial charge in [-0.2, -0.15) is 0 Å². The van der Waals surface area contributed by atoms with Crippen LogP contribution < -0.4 is 5.32 Å². The van der Waals surface area contributed by atoms with Crippen LogP contribution in [0.25, 0.3) is 0 Å². The molecule has 2 atom stereocenters. The number of amides is 2. The lowest BCUT2D eigenvalue weighted by Gasteiger charge is -2.32. The van der Waals surface area contributed by atoms with Crippen LogP contribution in [0.4, 0.5) is 0 Å². The Morgan fingerprint density at radius 2 is 2.14 bits per heavy atom. The highest BCUT2D eigenvalue weighted by atomic mass is 32.1. The molecule has 114 valence electrons. The van der Waals surface area contributed by atoms with Crippen LogP contribution in [0.15, 0.2) is 10.9 Å². The third kappa shape index (κ3) is 3.43. The highest BCUT2D eigenvalue weighted by Gasteiger charge is 2.42. The molecule has 5 nitrogen and oxygen atoms in total. The maximum Gasteiger partial charge on any atom is 0.270 e.